The lowest BCUT2D eigenvalue weighted by Gasteiger charge is -2.12. The first-order chi connectivity index (χ1) is 9.46. The second kappa shape index (κ2) is 5.81. The molecule has 6 heteroatoms. The minimum absolute atomic E-state index is 0.0488. The molecule has 0 amide bonds. The van der Waals surface area contributed by atoms with Crippen molar-refractivity contribution in [2.45, 2.75) is 13.0 Å². The van der Waals surface area contributed by atoms with Crippen LogP contribution in [0.2, 0.25) is 0 Å². The Morgan fingerprint density at radius 2 is 1.50 bits per heavy atom. The van der Waals surface area contributed by atoms with Crippen LogP contribution in [0.15, 0.2) is 48.5 Å². The van der Waals surface area contributed by atoms with Crippen molar-refractivity contribution in [2.75, 3.05) is 0 Å². The van der Waals surface area contributed by atoms with Gasteiger partial charge in [0.05, 0.1) is 0 Å². The topological polar surface area (TPSA) is 18.5 Å². The van der Waals surface area contributed by atoms with Gasteiger partial charge in [0.2, 0.25) is 5.82 Å². The lowest BCUT2D eigenvalue weighted by molar-refractivity contribution is -0.275. The first-order valence-electron chi connectivity index (χ1n) is 5.67. The van der Waals surface area contributed by atoms with Gasteiger partial charge in [-0.1, -0.05) is 36.4 Å². The average molecular weight is 286 g/mol. The Labute approximate surface area is 112 Å². The Morgan fingerprint density at radius 3 is 2.15 bits per heavy atom. The highest BCUT2D eigenvalue weighted by Gasteiger charge is 2.32. The first-order valence-corrected chi connectivity index (χ1v) is 5.67. The maximum Gasteiger partial charge on any atom is 0.573 e. The van der Waals surface area contributed by atoms with Gasteiger partial charge in [0.15, 0.2) is 11.5 Å². The summed E-state index contributed by atoms with van der Waals surface area (Å²) in [5.74, 6) is -2.39. The third-order valence-electron chi connectivity index (χ3n) is 2.39. The Hall–Kier alpha value is -2.24. The number of ether oxygens (including phenoxy) is 2. The summed E-state index contributed by atoms with van der Waals surface area (Å²) in [4.78, 5) is 0. The molecule has 0 aliphatic rings. The van der Waals surface area contributed by atoms with Crippen LogP contribution < -0.4 is 9.47 Å². The fourth-order valence-corrected chi connectivity index (χ4v) is 1.54. The zero-order valence-electron chi connectivity index (χ0n) is 10.2. The number of halogens is 4. The van der Waals surface area contributed by atoms with Gasteiger partial charge in [-0.25, -0.2) is 0 Å². The third kappa shape index (κ3) is 3.88. The van der Waals surface area contributed by atoms with Crippen molar-refractivity contribution >= 4 is 0 Å². The monoisotopic (exact) mass is 286 g/mol. The predicted octanol–water partition coefficient (Wildman–Crippen LogP) is 4.30. The van der Waals surface area contributed by atoms with Crippen molar-refractivity contribution in [3.63, 3.8) is 0 Å². The van der Waals surface area contributed by atoms with E-state index in [1.165, 1.54) is 12.1 Å². The van der Waals surface area contributed by atoms with Crippen LogP contribution in [0.3, 0.4) is 0 Å². The van der Waals surface area contributed by atoms with Crippen LogP contribution in [0.5, 0.6) is 11.5 Å². The second-order valence-electron chi connectivity index (χ2n) is 3.89. The van der Waals surface area contributed by atoms with Crippen molar-refractivity contribution in [1.29, 1.82) is 0 Å². The van der Waals surface area contributed by atoms with Gasteiger partial charge < -0.3 is 9.47 Å². The SMILES string of the molecule is Fc1c(OCc2ccccc2)cccc1OC(F)(F)F. The van der Waals surface area contributed by atoms with Crippen LogP contribution in [0, 0.1) is 5.82 Å². The van der Waals surface area contributed by atoms with Crippen molar-refractivity contribution in [3.8, 4) is 11.5 Å². The van der Waals surface area contributed by atoms with E-state index in [-0.39, 0.29) is 12.4 Å². The zero-order chi connectivity index (χ0) is 14.6. The largest absolute Gasteiger partial charge is 0.573 e. The number of hydrogen-bond acceptors (Lipinski definition) is 2. The highest BCUT2D eigenvalue weighted by molar-refractivity contribution is 5.35. The zero-order valence-corrected chi connectivity index (χ0v) is 10.2. The fraction of sp³-hybridized carbons (Fsp3) is 0.143. The molecule has 0 atom stereocenters. The van der Waals surface area contributed by atoms with E-state index in [2.05, 4.69) is 4.74 Å². The Kier molecular flexibility index (Phi) is 4.12. The predicted molar refractivity (Wildman–Crippen MR) is 63.9 cm³/mol. The van der Waals surface area contributed by atoms with Crippen LogP contribution in [0.1, 0.15) is 5.56 Å². The summed E-state index contributed by atoms with van der Waals surface area (Å²) in [6.45, 7) is 0.0488. The van der Waals surface area contributed by atoms with Crippen molar-refractivity contribution in [1.82, 2.24) is 0 Å². The van der Waals surface area contributed by atoms with Crippen LogP contribution in [-0.4, -0.2) is 6.36 Å². The Bertz CT molecular complexity index is 567. The van der Waals surface area contributed by atoms with Crippen LogP contribution in [-0.2, 0) is 6.61 Å². The maximum absolute atomic E-state index is 13.8. The summed E-state index contributed by atoms with van der Waals surface area (Å²) in [7, 11) is 0. The second-order valence-corrected chi connectivity index (χ2v) is 3.89. The van der Waals surface area contributed by atoms with Crippen LogP contribution >= 0.6 is 0 Å². The van der Waals surface area contributed by atoms with Gasteiger partial charge in [0, 0.05) is 0 Å². The molecule has 2 aromatic carbocycles. The van der Waals surface area contributed by atoms with Crippen LogP contribution in [0.4, 0.5) is 17.6 Å². The van der Waals surface area contributed by atoms with Gasteiger partial charge >= 0.3 is 6.36 Å². The molecular weight excluding hydrogens is 276 g/mol. The average Bonchev–Trinajstić information content (AvgIpc) is 2.39. The van der Waals surface area contributed by atoms with E-state index in [0.29, 0.717) is 0 Å². The molecule has 2 aromatic rings. The molecule has 2 nitrogen and oxygen atoms in total. The van der Waals surface area contributed by atoms with Crippen molar-refractivity contribution in [2.24, 2.45) is 0 Å². The summed E-state index contributed by atoms with van der Waals surface area (Å²) < 4.78 is 58.7. The van der Waals surface area contributed by atoms with E-state index in [1.807, 2.05) is 6.07 Å². The molecule has 0 fully saturated rings. The summed E-state index contributed by atoms with van der Waals surface area (Å²) >= 11 is 0. The maximum atomic E-state index is 13.8. The summed E-state index contributed by atoms with van der Waals surface area (Å²) in [5.41, 5.74) is 0.772. The van der Waals surface area contributed by atoms with Gasteiger partial charge in [-0.2, -0.15) is 4.39 Å². The summed E-state index contributed by atoms with van der Waals surface area (Å²) in [5, 5.41) is 0. The Morgan fingerprint density at radius 1 is 0.850 bits per heavy atom. The fourth-order valence-electron chi connectivity index (χ4n) is 1.54. The van der Waals surface area contributed by atoms with E-state index < -0.39 is 17.9 Å². The van der Waals surface area contributed by atoms with E-state index in [4.69, 9.17) is 4.74 Å². The summed E-state index contributed by atoms with van der Waals surface area (Å²) in [6.07, 6.45) is -4.95. The van der Waals surface area contributed by atoms with Gasteiger partial charge in [0.1, 0.15) is 6.61 Å². The van der Waals surface area contributed by atoms with Crippen molar-refractivity contribution in [3.05, 3.63) is 59.9 Å². The number of alkyl halides is 3. The summed E-state index contributed by atoms with van der Waals surface area (Å²) in [6, 6.07) is 12.2. The number of hydrogen-bond donors (Lipinski definition) is 0. The van der Waals surface area contributed by atoms with E-state index in [9.17, 15) is 17.6 Å². The molecule has 0 saturated heterocycles. The minimum atomic E-state index is -4.95. The number of benzene rings is 2. The molecular formula is C14H10F4O2. The van der Waals surface area contributed by atoms with Gasteiger partial charge in [-0.15, -0.1) is 13.2 Å². The van der Waals surface area contributed by atoms with Gasteiger partial charge in [0.25, 0.3) is 0 Å². The molecule has 0 N–H and O–H groups in total. The molecule has 0 aliphatic heterocycles. The molecule has 0 aromatic heterocycles. The molecule has 0 bridgehead atoms. The molecule has 20 heavy (non-hydrogen) atoms. The quantitative estimate of drug-likeness (QED) is 0.780. The lowest BCUT2D eigenvalue weighted by atomic mass is 10.2. The normalized spacial score (nSPS) is 11.2. The molecule has 0 aliphatic carbocycles. The standard InChI is InChI=1S/C14H10F4O2/c15-13-11(19-9-10-5-2-1-3-6-10)7-4-8-12(13)20-14(16,17)18/h1-8H,9H2. The first kappa shape index (κ1) is 14.2. The molecule has 106 valence electrons. The lowest BCUT2D eigenvalue weighted by Crippen LogP contribution is -2.18. The molecule has 0 radical (unpaired) electrons. The molecule has 0 saturated carbocycles. The number of rotatable bonds is 4. The third-order valence-corrected chi connectivity index (χ3v) is 2.39. The Balaban J connectivity index is 2.11. The van der Waals surface area contributed by atoms with Gasteiger partial charge in [-0.05, 0) is 17.7 Å². The highest BCUT2D eigenvalue weighted by atomic mass is 19.4. The molecule has 0 heterocycles. The highest BCUT2D eigenvalue weighted by Crippen LogP contribution is 2.31. The van der Waals surface area contributed by atoms with E-state index in [1.54, 1.807) is 24.3 Å². The van der Waals surface area contributed by atoms with E-state index >= 15 is 0 Å². The van der Waals surface area contributed by atoms with Crippen molar-refractivity contribution < 1.29 is 27.0 Å². The molecule has 0 spiro atoms. The minimum Gasteiger partial charge on any atom is -0.486 e. The van der Waals surface area contributed by atoms with Crippen LogP contribution in [0.25, 0.3) is 0 Å². The molecule has 2 rings (SSSR count). The molecule has 0 unspecified atom stereocenters. The van der Waals surface area contributed by atoms with Gasteiger partial charge in [-0.3, -0.25) is 0 Å². The van der Waals surface area contributed by atoms with E-state index in [0.717, 1.165) is 11.6 Å². The smallest absolute Gasteiger partial charge is 0.486 e.